The predicted octanol–water partition coefficient (Wildman–Crippen LogP) is 5.28. The molecule has 3 aliphatic rings. The molecule has 2 nitrogen and oxygen atoms in total. The maximum Gasteiger partial charge on any atom is 0.127 e. The Hall–Kier alpha value is -1.80. The summed E-state index contributed by atoms with van der Waals surface area (Å²) in [7, 11) is 0. The van der Waals surface area contributed by atoms with Crippen LogP contribution in [0.1, 0.15) is 38.2 Å². The van der Waals surface area contributed by atoms with Crippen LogP contribution in [0.2, 0.25) is 0 Å². The van der Waals surface area contributed by atoms with Gasteiger partial charge in [0, 0.05) is 10.8 Å². The third-order valence-electron chi connectivity index (χ3n) is 6.76. The van der Waals surface area contributed by atoms with Crippen LogP contribution in [0.3, 0.4) is 0 Å². The second-order valence-electron chi connectivity index (χ2n) is 7.45. The van der Waals surface area contributed by atoms with Gasteiger partial charge in [-0.1, -0.05) is 37.3 Å². The summed E-state index contributed by atoms with van der Waals surface area (Å²) in [5.41, 5.74) is 2.14. The number of para-hydroxylation sites is 1. The van der Waals surface area contributed by atoms with Crippen molar-refractivity contribution in [1.29, 1.82) is 0 Å². The van der Waals surface area contributed by atoms with Gasteiger partial charge in [0.15, 0.2) is 0 Å². The molecular formula is C21H22O2. The molecule has 118 valence electrons. The largest absolute Gasteiger partial charge is 0.457 e. The van der Waals surface area contributed by atoms with Crippen molar-refractivity contribution in [1.82, 2.24) is 0 Å². The van der Waals surface area contributed by atoms with Gasteiger partial charge in [-0.05, 0) is 55.5 Å². The second kappa shape index (κ2) is 4.39. The summed E-state index contributed by atoms with van der Waals surface area (Å²) in [6.07, 6.45) is 5.07. The van der Waals surface area contributed by atoms with Gasteiger partial charge in [-0.2, -0.15) is 0 Å². The van der Waals surface area contributed by atoms with Gasteiger partial charge in [-0.3, -0.25) is 0 Å². The molecule has 0 bridgehead atoms. The van der Waals surface area contributed by atoms with E-state index in [1.165, 1.54) is 24.8 Å². The Morgan fingerprint density at radius 2 is 1.83 bits per heavy atom. The van der Waals surface area contributed by atoms with E-state index in [0.29, 0.717) is 10.8 Å². The topological polar surface area (TPSA) is 18.5 Å². The molecule has 1 spiro atoms. The first-order valence-corrected chi connectivity index (χ1v) is 8.71. The smallest absolute Gasteiger partial charge is 0.127 e. The lowest BCUT2D eigenvalue weighted by atomic mass is 9.60. The predicted molar refractivity (Wildman–Crippen MR) is 89.6 cm³/mol. The maximum absolute atomic E-state index is 6.42. The van der Waals surface area contributed by atoms with Crippen molar-refractivity contribution in [3.8, 4) is 11.5 Å². The highest BCUT2D eigenvalue weighted by molar-refractivity contribution is 5.44. The Morgan fingerprint density at radius 3 is 2.52 bits per heavy atom. The van der Waals surface area contributed by atoms with Crippen molar-refractivity contribution in [3.05, 3.63) is 60.2 Å². The molecule has 3 fully saturated rings. The Labute approximate surface area is 137 Å². The zero-order valence-corrected chi connectivity index (χ0v) is 13.5. The Morgan fingerprint density at radius 1 is 1.00 bits per heavy atom. The highest BCUT2D eigenvalue weighted by Crippen LogP contribution is 2.86. The first-order chi connectivity index (χ1) is 11.2. The van der Waals surface area contributed by atoms with E-state index in [4.69, 9.17) is 9.47 Å². The maximum atomic E-state index is 6.42. The van der Waals surface area contributed by atoms with E-state index in [-0.39, 0.29) is 5.60 Å². The quantitative estimate of drug-likeness (QED) is 0.764. The summed E-state index contributed by atoms with van der Waals surface area (Å²) in [6.45, 7) is 3.26. The molecule has 2 aliphatic carbocycles. The molecule has 3 unspecified atom stereocenters. The lowest BCUT2D eigenvalue weighted by molar-refractivity contribution is -0.125. The van der Waals surface area contributed by atoms with Gasteiger partial charge < -0.3 is 9.47 Å². The van der Waals surface area contributed by atoms with Gasteiger partial charge in [0.05, 0.1) is 12.2 Å². The van der Waals surface area contributed by atoms with E-state index >= 15 is 0 Å². The zero-order chi connectivity index (χ0) is 15.5. The van der Waals surface area contributed by atoms with Crippen molar-refractivity contribution in [2.75, 3.05) is 6.61 Å². The van der Waals surface area contributed by atoms with Gasteiger partial charge in [-0.25, -0.2) is 0 Å². The molecule has 3 atom stereocenters. The van der Waals surface area contributed by atoms with Gasteiger partial charge >= 0.3 is 0 Å². The van der Waals surface area contributed by atoms with Crippen molar-refractivity contribution >= 4 is 0 Å². The molecule has 2 aromatic carbocycles. The number of hydrogen-bond acceptors (Lipinski definition) is 2. The Kier molecular flexibility index (Phi) is 2.60. The van der Waals surface area contributed by atoms with Crippen LogP contribution in [0.5, 0.6) is 11.5 Å². The lowest BCUT2D eigenvalue weighted by Crippen LogP contribution is -2.46. The van der Waals surface area contributed by atoms with Gasteiger partial charge in [0.1, 0.15) is 11.5 Å². The van der Waals surface area contributed by atoms with Crippen LogP contribution in [0.15, 0.2) is 54.6 Å². The molecule has 0 N–H and O–H groups in total. The molecule has 2 saturated carbocycles. The molecule has 0 amide bonds. The van der Waals surface area contributed by atoms with Crippen molar-refractivity contribution < 1.29 is 9.47 Å². The molecule has 5 rings (SSSR count). The van der Waals surface area contributed by atoms with E-state index in [1.54, 1.807) is 0 Å². The highest BCUT2D eigenvalue weighted by atomic mass is 16.5. The van der Waals surface area contributed by atoms with Crippen LogP contribution in [-0.2, 0) is 10.3 Å². The van der Waals surface area contributed by atoms with Crippen LogP contribution in [0.25, 0.3) is 0 Å². The van der Waals surface area contributed by atoms with Crippen molar-refractivity contribution in [3.63, 3.8) is 0 Å². The number of ether oxygens (including phenoxy) is 2. The molecule has 0 radical (unpaired) electrons. The molecule has 1 saturated heterocycles. The van der Waals surface area contributed by atoms with Gasteiger partial charge in [0.25, 0.3) is 0 Å². The van der Waals surface area contributed by atoms with Crippen LogP contribution in [-0.4, -0.2) is 6.61 Å². The highest BCUT2D eigenvalue weighted by Gasteiger charge is 2.84. The minimum absolute atomic E-state index is 0.0426. The summed E-state index contributed by atoms with van der Waals surface area (Å²) in [5, 5.41) is 0. The van der Waals surface area contributed by atoms with Crippen LogP contribution >= 0.6 is 0 Å². The van der Waals surface area contributed by atoms with Gasteiger partial charge in [-0.15, -0.1) is 0 Å². The first-order valence-electron chi connectivity index (χ1n) is 8.71. The summed E-state index contributed by atoms with van der Waals surface area (Å²) >= 11 is 0. The average molecular weight is 306 g/mol. The first kappa shape index (κ1) is 13.6. The Balaban J connectivity index is 1.48. The summed E-state index contributed by atoms with van der Waals surface area (Å²) < 4.78 is 12.4. The fourth-order valence-electron chi connectivity index (χ4n) is 5.28. The third-order valence-corrected chi connectivity index (χ3v) is 6.76. The van der Waals surface area contributed by atoms with E-state index in [2.05, 4.69) is 25.1 Å². The monoisotopic (exact) mass is 306 g/mol. The fraction of sp³-hybridized carbons (Fsp3) is 0.429. The number of benzene rings is 2. The molecule has 2 aromatic rings. The minimum Gasteiger partial charge on any atom is -0.457 e. The van der Waals surface area contributed by atoms with Crippen molar-refractivity contribution in [2.45, 2.75) is 38.2 Å². The average Bonchev–Trinajstić information content (AvgIpc) is 3.24. The lowest BCUT2D eigenvalue weighted by Gasteiger charge is -2.48. The third kappa shape index (κ3) is 1.57. The second-order valence-corrected chi connectivity index (χ2v) is 7.45. The van der Waals surface area contributed by atoms with Crippen molar-refractivity contribution in [2.24, 2.45) is 10.8 Å². The number of rotatable bonds is 4. The molecule has 0 aromatic heterocycles. The SMILES string of the molecule is CCC12COC3(c4cccc(Oc5ccccc5)c4)CCC13C2. The summed E-state index contributed by atoms with van der Waals surface area (Å²) in [5.74, 6) is 1.79. The van der Waals surface area contributed by atoms with E-state index in [1.807, 2.05) is 36.4 Å². The Bertz CT molecular complexity index is 751. The van der Waals surface area contributed by atoms with E-state index in [0.717, 1.165) is 24.5 Å². The van der Waals surface area contributed by atoms with Gasteiger partial charge in [0.2, 0.25) is 0 Å². The summed E-state index contributed by atoms with van der Waals surface area (Å²) in [4.78, 5) is 0. The van der Waals surface area contributed by atoms with E-state index in [9.17, 15) is 0 Å². The molecule has 1 aliphatic heterocycles. The van der Waals surface area contributed by atoms with Crippen LogP contribution < -0.4 is 4.74 Å². The molecule has 1 heterocycles. The standard InChI is InChI=1S/C21H22O2/c1-2-19-14-20(19)11-12-21(20,22-15-19)16-7-6-10-18(13-16)23-17-8-4-3-5-9-17/h3-10,13H,2,11-12,14-15H2,1H3. The molecule has 23 heavy (non-hydrogen) atoms. The molecule has 2 heteroatoms. The normalized spacial score (nSPS) is 36.7. The van der Waals surface area contributed by atoms with Crippen LogP contribution in [0, 0.1) is 10.8 Å². The zero-order valence-electron chi connectivity index (χ0n) is 13.5. The number of hydrogen-bond donors (Lipinski definition) is 0. The fourth-order valence-corrected chi connectivity index (χ4v) is 5.28. The van der Waals surface area contributed by atoms with E-state index < -0.39 is 0 Å². The van der Waals surface area contributed by atoms with Crippen LogP contribution in [0.4, 0.5) is 0 Å². The molecular weight excluding hydrogens is 284 g/mol. The summed E-state index contributed by atoms with van der Waals surface area (Å²) in [6, 6.07) is 18.5. The minimum atomic E-state index is -0.0426.